The van der Waals surface area contributed by atoms with Gasteiger partial charge in [0.1, 0.15) is 5.69 Å². The number of benzene rings is 5. The summed E-state index contributed by atoms with van der Waals surface area (Å²) in [6, 6.07) is 46.6. The number of pyridine rings is 2. The van der Waals surface area contributed by atoms with Crippen molar-refractivity contribution in [3.8, 4) is 62.8 Å². The number of hydrogen-bond donors (Lipinski definition) is 0. The van der Waals surface area contributed by atoms with Crippen molar-refractivity contribution in [3.05, 3.63) is 152 Å². The summed E-state index contributed by atoms with van der Waals surface area (Å²) in [6.07, 6.45) is 3.51. The fourth-order valence-electron chi connectivity index (χ4n) is 7.20. The SMILES string of the molecule is c1ccc(-c2nc(-c3ccccc3)nc(-n3c4ccccc4c4cc(-c5cc6c7c(c5)Oc5cccnc5N7c5ncccc5O6)ccc43)n2)cc1. The van der Waals surface area contributed by atoms with Crippen LogP contribution in [0.4, 0.5) is 17.3 Å². The molecular weight excluding hydrogens is 647 g/mol. The first-order chi connectivity index (χ1) is 25.8. The van der Waals surface area contributed by atoms with Crippen LogP contribution < -0.4 is 14.4 Å². The predicted octanol–water partition coefficient (Wildman–Crippen LogP) is 10.4. The van der Waals surface area contributed by atoms with Gasteiger partial charge in [-0.25, -0.2) is 15.0 Å². The van der Waals surface area contributed by atoms with Crippen molar-refractivity contribution < 1.29 is 9.47 Å². The lowest BCUT2D eigenvalue weighted by Crippen LogP contribution is -2.22. The van der Waals surface area contributed by atoms with Crippen LogP contribution in [0.2, 0.25) is 0 Å². The van der Waals surface area contributed by atoms with Crippen LogP contribution in [0.3, 0.4) is 0 Å². The summed E-state index contributed by atoms with van der Waals surface area (Å²) in [4.78, 5) is 26.4. The van der Waals surface area contributed by atoms with E-state index in [1.54, 1.807) is 12.4 Å². The second kappa shape index (κ2) is 11.1. The van der Waals surface area contributed by atoms with Gasteiger partial charge in [0.2, 0.25) is 5.95 Å². The summed E-state index contributed by atoms with van der Waals surface area (Å²) in [5.41, 5.74) is 6.54. The molecule has 0 radical (unpaired) electrons. The molecule has 0 atom stereocenters. The van der Waals surface area contributed by atoms with Crippen LogP contribution in [-0.2, 0) is 0 Å². The number of fused-ring (bicyclic) bond motifs is 7. The number of para-hydroxylation sites is 1. The lowest BCUT2D eigenvalue weighted by atomic mass is 10.00. The van der Waals surface area contributed by atoms with Gasteiger partial charge >= 0.3 is 0 Å². The number of aromatic nitrogens is 6. The van der Waals surface area contributed by atoms with Gasteiger partial charge in [0.25, 0.3) is 0 Å². The molecule has 0 saturated carbocycles. The summed E-state index contributed by atoms with van der Waals surface area (Å²) < 4.78 is 15.1. The number of nitrogens with zero attached hydrogens (tertiary/aromatic N) is 7. The third-order valence-corrected chi connectivity index (χ3v) is 9.52. The van der Waals surface area contributed by atoms with Gasteiger partial charge in [0.05, 0.1) is 11.0 Å². The molecule has 4 aromatic heterocycles. The van der Waals surface area contributed by atoms with Gasteiger partial charge in [-0.1, -0.05) is 84.9 Å². The Labute approximate surface area is 297 Å². The Morgan fingerprint density at radius 3 is 1.63 bits per heavy atom. The summed E-state index contributed by atoms with van der Waals surface area (Å²) in [6.45, 7) is 0. The van der Waals surface area contributed by atoms with Crippen LogP contribution in [0.15, 0.2) is 152 Å². The lowest BCUT2D eigenvalue weighted by Gasteiger charge is -2.36. The molecule has 0 amide bonds. The minimum atomic E-state index is 0.548. The van der Waals surface area contributed by atoms with E-state index in [1.807, 2.05) is 95.9 Å². The Kier molecular flexibility index (Phi) is 6.05. The second-order valence-electron chi connectivity index (χ2n) is 12.6. The Morgan fingerprint density at radius 2 is 1.00 bits per heavy atom. The fraction of sp³-hybridized carbons (Fsp3) is 0. The zero-order valence-electron chi connectivity index (χ0n) is 27.4. The zero-order chi connectivity index (χ0) is 34.2. The average Bonchev–Trinajstić information content (AvgIpc) is 3.55. The molecule has 5 aromatic carbocycles. The first-order valence-corrected chi connectivity index (χ1v) is 16.9. The van der Waals surface area contributed by atoms with Gasteiger partial charge in [-0.2, -0.15) is 9.97 Å². The topological polar surface area (TPSA) is 91.1 Å². The molecule has 0 fully saturated rings. The predicted molar refractivity (Wildman–Crippen MR) is 201 cm³/mol. The Bertz CT molecular complexity index is 2750. The van der Waals surface area contributed by atoms with Crippen LogP contribution in [0.5, 0.6) is 23.0 Å². The van der Waals surface area contributed by atoms with Crippen molar-refractivity contribution >= 4 is 39.1 Å². The van der Waals surface area contributed by atoms with Crippen LogP contribution in [0.1, 0.15) is 0 Å². The molecule has 9 nitrogen and oxygen atoms in total. The molecular formula is C43H25N7O2. The van der Waals surface area contributed by atoms with E-state index in [9.17, 15) is 0 Å². The van der Waals surface area contributed by atoms with Crippen molar-refractivity contribution in [2.75, 3.05) is 4.90 Å². The van der Waals surface area contributed by atoms with Gasteiger partial charge in [-0.15, -0.1) is 0 Å². The van der Waals surface area contributed by atoms with Gasteiger partial charge in [-0.3, -0.25) is 9.47 Å². The molecule has 0 saturated heterocycles. The van der Waals surface area contributed by atoms with Crippen LogP contribution in [0.25, 0.3) is 61.7 Å². The third kappa shape index (κ3) is 4.32. The van der Waals surface area contributed by atoms with Gasteiger partial charge in [-0.05, 0) is 65.7 Å². The zero-order valence-corrected chi connectivity index (χ0v) is 27.4. The van der Waals surface area contributed by atoms with Crippen molar-refractivity contribution in [1.82, 2.24) is 29.5 Å². The molecule has 2 aliphatic heterocycles. The monoisotopic (exact) mass is 671 g/mol. The number of anilines is 3. The van der Waals surface area contributed by atoms with E-state index in [1.165, 1.54) is 0 Å². The molecule has 2 aliphatic rings. The Balaban J connectivity index is 1.10. The highest BCUT2D eigenvalue weighted by Gasteiger charge is 2.37. The van der Waals surface area contributed by atoms with E-state index in [0.717, 1.165) is 49.7 Å². The maximum Gasteiger partial charge on any atom is 0.238 e. The van der Waals surface area contributed by atoms with Crippen LogP contribution in [0, 0.1) is 0 Å². The van der Waals surface area contributed by atoms with Gasteiger partial charge in [0.15, 0.2) is 46.3 Å². The summed E-state index contributed by atoms with van der Waals surface area (Å²) in [5.74, 6) is 5.74. The molecule has 11 rings (SSSR count). The molecule has 0 unspecified atom stereocenters. The van der Waals surface area contributed by atoms with Gasteiger partial charge in [0, 0.05) is 34.3 Å². The molecule has 244 valence electrons. The van der Waals surface area contributed by atoms with Crippen molar-refractivity contribution in [3.63, 3.8) is 0 Å². The molecule has 0 aliphatic carbocycles. The summed E-state index contributed by atoms with van der Waals surface area (Å²) in [7, 11) is 0. The maximum atomic E-state index is 6.48. The molecule has 52 heavy (non-hydrogen) atoms. The highest BCUT2D eigenvalue weighted by Crippen LogP contribution is 2.59. The largest absolute Gasteiger partial charge is 0.451 e. The smallest absolute Gasteiger partial charge is 0.238 e. The Hall–Kier alpha value is -7.39. The third-order valence-electron chi connectivity index (χ3n) is 9.52. The van der Waals surface area contributed by atoms with E-state index in [0.29, 0.717) is 52.2 Å². The summed E-state index contributed by atoms with van der Waals surface area (Å²) >= 11 is 0. The molecule has 0 bridgehead atoms. The highest BCUT2D eigenvalue weighted by molar-refractivity contribution is 6.10. The standard InChI is InChI=1S/C43H25N7O2/c1-3-11-26(12-4-1)39-46-40(27-13-5-2-6-14-27)48-43(47-39)49-32-16-8-7-15-30(32)31-23-28(19-20-33(31)49)29-24-36-38-37(25-29)52-35-18-10-22-45-42(35)50(38)41-34(51-36)17-9-21-44-41/h1-25H. The maximum absolute atomic E-state index is 6.48. The number of hydrogen-bond acceptors (Lipinski definition) is 8. The second-order valence-corrected chi connectivity index (χ2v) is 12.6. The molecule has 9 heteroatoms. The first-order valence-electron chi connectivity index (χ1n) is 16.9. The van der Waals surface area contributed by atoms with Crippen molar-refractivity contribution in [2.24, 2.45) is 0 Å². The highest BCUT2D eigenvalue weighted by atomic mass is 16.5. The minimum absolute atomic E-state index is 0.548. The van der Waals surface area contributed by atoms with Crippen LogP contribution in [-0.4, -0.2) is 29.5 Å². The molecule has 0 N–H and O–H groups in total. The lowest BCUT2D eigenvalue weighted by molar-refractivity contribution is 0.442. The van der Waals surface area contributed by atoms with E-state index < -0.39 is 0 Å². The fourth-order valence-corrected chi connectivity index (χ4v) is 7.20. The summed E-state index contributed by atoms with van der Waals surface area (Å²) in [5, 5.41) is 2.15. The van der Waals surface area contributed by atoms with E-state index >= 15 is 0 Å². The van der Waals surface area contributed by atoms with Crippen molar-refractivity contribution in [2.45, 2.75) is 0 Å². The number of rotatable bonds is 4. The van der Waals surface area contributed by atoms with Crippen molar-refractivity contribution in [1.29, 1.82) is 0 Å². The minimum Gasteiger partial charge on any atom is -0.451 e. The van der Waals surface area contributed by atoms with E-state index in [-0.39, 0.29) is 0 Å². The normalized spacial score (nSPS) is 12.5. The Morgan fingerprint density at radius 1 is 0.423 bits per heavy atom. The average molecular weight is 672 g/mol. The molecule has 6 heterocycles. The quantitative estimate of drug-likeness (QED) is 0.183. The van der Waals surface area contributed by atoms with Crippen LogP contribution >= 0.6 is 0 Å². The number of ether oxygens (including phenoxy) is 2. The van der Waals surface area contributed by atoms with Gasteiger partial charge < -0.3 is 9.47 Å². The molecule has 0 spiro atoms. The van der Waals surface area contributed by atoms with E-state index in [4.69, 9.17) is 24.4 Å². The first kappa shape index (κ1) is 28.4. The van der Waals surface area contributed by atoms with E-state index in [2.05, 4.69) is 63.1 Å². The molecule has 9 aromatic rings.